The Bertz CT molecular complexity index is 538. The molecule has 2 aromatic rings. The Morgan fingerprint density at radius 1 is 1.35 bits per heavy atom. The number of nitrogens with zero attached hydrogens (tertiary/aromatic N) is 1. The summed E-state index contributed by atoms with van der Waals surface area (Å²) in [7, 11) is 0. The lowest BCUT2D eigenvalue weighted by molar-refractivity contribution is -0.0812. The molecule has 0 radical (unpaired) electrons. The van der Waals surface area contributed by atoms with Crippen LogP contribution in [0.25, 0.3) is 10.9 Å². The van der Waals surface area contributed by atoms with Crippen molar-refractivity contribution in [2.75, 3.05) is 13.2 Å². The first-order valence-electron chi connectivity index (χ1n) is 5.70. The lowest BCUT2D eigenvalue weighted by atomic mass is 10.1. The summed E-state index contributed by atoms with van der Waals surface area (Å²) in [5.41, 5.74) is 7.74. The van der Waals surface area contributed by atoms with Crippen molar-refractivity contribution in [1.29, 1.82) is 0 Å². The van der Waals surface area contributed by atoms with Crippen LogP contribution in [-0.4, -0.2) is 24.3 Å². The highest BCUT2D eigenvalue weighted by atomic mass is 16.6. The van der Waals surface area contributed by atoms with Gasteiger partial charge in [0.1, 0.15) is 6.10 Å². The van der Waals surface area contributed by atoms with Crippen molar-refractivity contribution < 1.29 is 9.47 Å². The topological polar surface area (TPSA) is 57.4 Å². The largest absolute Gasteiger partial charge is 0.469 e. The van der Waals surface area contributed by atoms with Crippen LogP contribution < -0.4 is 10.5 Å². The SMILES string of the molecule is NCc1cc(OC2COC2)nc2ccccc12. The monoisotopic (exact) mass is 230 g/mol. The summed E-state index contributed by atoms with van der Waals surface area (Å²) in [5.74, 6) is 0.637. The van der Waals surface area contributed by atoms with Crippen LogP contribution in [0.15, 0.2) is 30.3 Å². The molecule has 0 bridgehead atoms. The number of para-hydroxylation sites is 1. The maximum Gasteiger partial charge on any atom is 0.214 e. The van der Waals surface area contributed by atoms with E-state index in [9.17, 15) is 0 Å². The number of hydrogen-bond donors (Lipinski definition) is 1. The van der Waals surface area contributed by atoms with Gasteiger partial charge in [0.2, 0.25) is 5.88 Å². The Hall–Kier alpha value is -1.65. The molecule has 1 saturated heterocycles. The highest BCUT2D eigenvalue weighted by molar-refractivity contribution is 5.82. The Morgan fingerprint density at radius 3 is 2.88 bits per heavy atom. The second-order valence-corrected chi connectivity index (χ2v) is 4.12. The summed E-state index contributed by atoms with van der Waals surface area (Å²) in [6.45, 7) is 1.78. The number of hydrogen-bond acceptors (Lipinski definition) is 4. The molecular formula is C13H14N2O2. The molecule has 1 aromatic heterocycles. The Kier molecular flexibility index (Phi) is 2.66. The number of nitrogens with two attached hydrogens (primary N) is 1. The van der Waals surface area contributed by atoms with Crippen molar-refractivity contribution >= 4 is 10.9 Å². The normalized spacial score (nSPS) is 15.8. The molecule has 0 spiro atoms. The average molecular weight is 230 g/mol. The first-order chi connectivity index (χ1) is 8.36. The lowest BCUT2D eigenvalue weighted by Gasteiger charge is -2.26. The second kappa shape index (κ2) is 4.31. The van der Waals surface area contributed by atoms with Gasteiger partial charge in [-0.3, -0.25) is 0 Å². The molecule has 1 aliphatic rings. The number of rotatable bonds is 3. The van der Waals surface area contributed by atoms with Gasteiger partial charge in [-0.05, 0) is 11.6 Å². The molecule has 1 fully saturated rings. The summed E-state index contributed by atoms with van der Waals surface area (Å²) in [6, 6.07) is 9.87. The highest BCUT2D eigenvalue weighted by Gasteiger charge is 2.21. The van der Waals surface area contributed by atoms with Gasteiger partial charge in [-0.15, -0.1) is 0 Å². The average Bonchev–Trinajstić information content (AvgIpc) is 2.33. The minimum absolute atomic E-state index is 0.134. The highest BCUT2D eigenvalue weighted by Crippen LogP contribution is 2.23. The third-order valence-corrected chi connectivity index (χ3v) is 2.89. The molecule has 0 aliphatic carbocycles. The van der Waals surface area contributed by atoms with E-state index in [-0.39, 0.29) is 6.10 Å². The molecule has 1 aromatic carbocycles. The van der Waals surface area contributed by atoms with E-state index in [1.165, 1.54) is 0 Å². The molecular weight excluding hydrogens is 216 g/mol. The summed E-state index contributed by atoms with van der Waals surface area (Å²) < 4.78 is 10.8. The van der Waals surface area contributed by atoms with Crippen molar-refractivity contribution in [2.24, 2.45) is 5.73 Å². The van der Waals surface area contributed by atoms with Crippen LogP contribution in [0.3, 0.4) is 0 Å². The van der Waals surface area contributed by atoms with E-state index in [0.717, 1.165) is 16.5 Å². The number of benzene rings is 1. The van der Waals surface area contributed by atoms with Gasteiger partial charge in [-0.2, -0.15) is 0 Å². The maximum atomic E-state index is 5.75. The molecule has 1 aliphatic heterocycles. The van der Waals surface area contributed by atoms with Gasteiger partial charge in [0.05, 0.1) is 18.7 Å². The molecule has 17 heavy (non-hydrogen) atoms. The van der Waals surface area contributed by atoms with Crippen LogP contribution in [0.2, 0.25) is 0 Å². The van der Waals surface area contributed by atoms with E-state index >= 15 is 0 Å². The fourth-order valence-corrected chi connectivity index (χ4v) is 1.90. The first-order valence-corrected chi connectivity index (χ1v) is 5.70. The van der Waals surface area contributed by atoms with Crippen molar-refractivity contribution in [3.05, 3.63) is 35.9 Å². The molecule has 2 heterocycles. The molecule has 2 N–H and O–H groups in total. The molecule has 3 rings (SSSR count). The van der Waals surface area contributed by atoms with Crippen LogP contribution in [-0.2, 0) is 11.3 Å². The minimum atomic E-state index is 0.134. The summed E-state index contributed by atoms with van der Waals surface area (Å²) >= 11 is 0. The maximum absolute atomic E-state index is 5.75. The van der Waals surface area contributed by atoms with Crippen LogP contribution in [0, 0.1) is 0 Å². The van der Waals surface area contributed by atoms with Crippen LogP contribution in [0.1, 0.15) is 5.56 Å². The van der Waals surface area contributed by atoms with E-state index in [1.54, 1.807) is 0 Å². The zero-order valence-corrected chi connectivity index (χ0v) is 9.43. The van der Waals surface area contributed by atoms with Gasteiger partial charge < -0.3 is 15.2 Å². The van der Waals surface area contributed by atoms with Crippen molar-refractivity contribution in [3.8, 4) is 5.88 Å². The Labute approximate surface area is 99.4 Å². The van der Waals surface area contributed by atoms with E-state index in [2.05, 4.69) is 4.98 Å². The van der Waals surface area contributed by atoms with Crippen molar-refractivity contribution in [3.63, 3.8) is 0 Å². The molecule has 0 saturated carbocycles. The van der Waals surface area contributed by atoms with Gasteiger partial charge >= 0.3 is 0 Å². The van der Waals surface area contributed by atoms with Crippen molar-refractivity contribution in [1.82, 2.24) is 4.98 Å². The van der Waals surface area contributed by atoms with Crippen molar-refractivity contribution in [2.45, 2.75) is 12.6 Å². The fraction of sp³-hybridized carbons (Fsp3) is 0.308. The fourth-order valence-electron chi connectivity index (χ4n) is 1.90. The number of aromatic nitrogens is 1. The Morgan fingerprint density at radius 2 is 2.18 bits per heavy atom. The molecule has 4 heteroatoms. The van der Waals surface area contributed by atoms with E-state index in [4.69, 9.17) is 15.2 Å². The predicted octanol–water partition coefficient (Wildman–Crippen LogP) is 1.47. The standard InChI is InChI=1S/C13H14N2O2/c14-6-9-5-13(17-10-7-16-8-10)15-12-4-2-1-3-11(9)12/h1-5,10H,6-8,14H2. The quantitative estimate of drug-likeness (QED) is 0.867. The minimum Gasteiger partial charge on any atom is -0.469 e. The summed E-state index contributed by atoms with van der Waals surface area (Å²) in [5, 5.41) is 1.09. The van der Waals surface area contributed by atoms with E-state index in [1.807, 2.05) is 30.3 Å². The molecule has 0 atom stereocenters. The zero-order valence-electron chi connectivity index (χ0n) is 9.43. The molecule has 0 unspecified atom stereocenters. The second-order valence-electron chi connectivity index (χ2n) is 4.12. The summed E-state index contributed by atoms with van der Waals surface area (Å²) in [6.07, 6.45) is 0.134. The zero-order chi connectivity index (χ0) is 11.7. The van der Waals surface area contributed by atoms with E-state index < -0.39 is 0 Å². The molecule has 88 valence electrons. The number of ether oxygens (including phenoxy) is 2. The molecule has 4 nitrogen and oxygen atoms in total. The number of pyridine rings is 1. The Balaban J connectivity index is 2.01. The first kappa shape index (κ1) is 10.5. The predicted molar refractivity (Wildman–Crippen MR) is 64.9 cm³/mol. The van der Waals surface area contributed by atoms with Crippen LogP contribution in [0.4, 0.5) is 0 Å². The lowest BCUT2D eigenvalue weighted by Crippen LogP contribution is -2.38. The van der Waals surface area contributed by atoms with Crippen LogP contribution >= 0.6 is 0 Å². The van der Waals surface area contributed by atoms with Crippen LogP contribution in [0.5, 0.6) is 5.88 Å². The van der Waals surface area contributed by atoms with Gasteiger partial charge in [0.25, 0.3) is 0 Å². The van der Waals surface area contributed by atoms with Gasteiger partial charge in [-0.25, -0.2) is 4.98 Å². The van der Waals surface area contributed by atoms with E-state index in [0.29, 0.717) is 25.6 Å². The number of fused-ring (bicyclic) bond motifs is 1. The third kappa shape index (κ3) is 1.97. The van der Waals surface area contributed by atoms with Gasteiger partial charge in [0, 0.05) is 18.0 Å². The smallest absolute Gasteiger partial charge is 0.214 e. The van der Waals surface area contributed by atoms with Gasteiger partial charge in [0.15, 0.2) is 0 Å². The summed E-state index contributed by atoms with van der Waals surface area (Å²) in [4.78, 5) is 4.47. The van der Waals surface area contributed by atoms with Gasteiger partial charge in [-0.1, -0.05) is 18.2 Å². The third-order valence-electron chi connectivity index (χ3n) is 2.89. The molecule has 0 amide bonds.